The van der Waals surface area contributed by atoms with Crippen molar-refractivity contribution < 1.29 is 14.3 Å². The predicted octanol–water partition coefficient (Wildman–Crippen LogP) is 8.19. The van der Waals surface area contributed by atoms with E-state index in [1.165, 1.54) is 11.1 Å². The van der Waals surface area contributed by atoms with E-state index in [0.717, 1.165) is 22.4 Å². The number of ether oxygens (including phenoxy) is 2. The second-order valence-corrected chi connectivity index (χ2v) is 11.5. The highest BCUT2D eigenvalue weighted by atomic mass is 16.5. The van der Waals surface area contributed by atoms with Crippen LogP contribution in [-0.2, 0) is 10.8 Å². The van der Waals surface area contributed by atoms with Gasteiger partial charge in [0.05, 0.1) is 19.9 Å². The van der Waals surface area contributed by atoms with Crippen molar-refractivity contribution in [3.63, 3.8) is 0 Å². The summed E-state index contributed by atoms with van der Waals surface area (Å²) in [7, 11) is 3.13. The average molecular weight is 496 g/mol. The molecule has 0 saturated carbocycles. The molecule has 0 atom stereocenters. The summed E-state index contributed by atoms with van der Waals surface area (Å²) >= 11 is 0. The van der Waals surface area contributed by atoms with Gasteiger partial charge in [0.15, 0.2) is 0 Å². The fourth-order valence-corrected chi connectivity index (χ4v) is 4.52. The summed E-state index contributed by atoms with van der Waals surface area (Å²) in [5.74, 6) is 0.773. The highest BCUT2D eigenvalue weighted by molar-refractivity contribution is 6.15. The van der Waals surface area contributed by atoms with Gasteiger partial charge in [0.2, 0.25) is 5.78 Å². The summed E-state index contributed by atoms with van der Waals surface area (Å²) < 4.78 is 11.1. The van der Waals surface area contributed by atoms with E-state index in [4.69, 9.17) is 9.47 Å². The fourth-order valence-electron chi connectivity index (χ4n) is 4.52. The van der Waals surface area contributed by atoms with Crippen LogP contribution >= 0.6 is 0 Å². The van der Waals surface area contributed by atoms with Crippen LogP contribution in [0.2, 0.25) is 0 Å². The molecule has 0 aliphatic carbocycles. The van der Waals surface area contributed by atoms with Crippen molar-refractivity contribution in [2.45, 2.75) is 52.4 Å². The number of methoxy groups -OCH3 is 2. The molecule has 4 nitrogen and oxygen atoms in total. The highest BCUT2D eigenvalue weighted by Gasteiger charge is 2.26. The zero-order valence-corrected chi connectivity index (χ0v) is 23.2. The van der Waals surface area contributed by atoms with Gasteiger partial charge in [-0.15, -0.1) is 0 Å². The maximum Gasteiger partial charge on any atom is 0.217 e. The van der Waals surface area contributed by atoms with E-state index in [1.807, 2.05) is 6.07 Å². The second-order valence-electron chi connectivity index (χ2n) is 11.5. The topological polar surface area (TPSA) is 51.3 Å². The van der Waals surface area contributed by atoms with Crippen molar-refractivity contribution in [3.05, 3.63) is 95.2 Å². The lowest BCUT2D eigenvalue weighted by atomic mass is 9.86. The summed E-state index contributed by atoms with van der Waals surface area (Å²) in [6.07, 6.45) is 0. The molecule has 0 saturated heterocycles. The van der Waals surface area contributed by atoms with Gasteiger partial charge in [-0.25, -0.2) is 0 Å². The first-order chi connectivity index (χ1) is 17.4. The van der Waals surface area contributed by atoms with Crippen LogP contribution in [0.15, 0.2) is 72.8 Å². The molecule has 0 unspecified atom stereocenters. The van der Waals surface area contributed by atoms with E-state index < -0.39 is 0 Å². The van der Waals surface area contributed by atoms with Crippen molar-refractivity contribution >= 4 is 5.78 Å². The first-order valence-corrected chi connectivity index (χ1v) is 12.6. The minimum atomic E-state index is -0.179. The molecule has 0 radical (unpaired) electrons. The summed E-state index contributed by atoms with van der Waals surface area (Å²) in [6.45, 7) is 13.2. The van der Waals surface area contributed by atoms with E-state index in [2.05, 4.69) is 101 Å². The smallest absolute Gasteiger partial charge is 0.217 e. The van der Waals surface area contributed by atoms with Crippen LogP contribution in [0.4, 0.5) is 0 Å². The van der Waals surface area contributed by atoms with Crippen molar-refractivity contribution in [2.24, 2.45) is 0 Å². The zero-order chi connectivity index (χ0) is 27.0. The zero-order valence-electron chi connectivity index (χ0n) is 23.2. The van der Waals surface area contributed by atoms with Gasteiger partial charge >= 0.3 is 0 Å². The molecule has 0 fully saturated rings. The number of carbonyl (C=O) groups excluding carboxylic acids is 1. The quantitative estimate of drug-likeness (QED) is 0.274. The number of hydrogen-bond donors (Lipinski definition) is 1. The number of ketones is 1. The first kappa shape index (κ1) is 26.3. The van der Waals surface area contributed by atoms with Crippen LogP contribution in [0.5, 0.6) is 11.5 Å². The van der Waals surface area contributed by atoms with Gasteiger partial charge in [-0.05, 0) is 51.3 Å². The van der Waals surface area contributed by atoms with Crippen molar-refractivity contribution in [1.82, 2.24) is 4.98 Å². The maximum atomic E-state index is 14.1. The molecule has 3 aromatic carbocycles. The lowest BCUT2D eigenvalue weighted by Crippen LogP contribution is -2.10. The Morgan fingerprint density at radius 3 is 1.57 bits per heavy atom. The number of H-pyrrole nitrogens is 1. The molecule has 192 valence electrons. The minimum absolute atomic E-state index is 0.0417. The molecule has 0 amide bonds. The molecule has 1 aromatic heterocycles. The molecular formula is C33H37NO3. The Morgan fingerprint density at radius 2 is 1.14 bits per heavy atom. The number of benzene rings is 3. The molecule has 0 aliphatic heterocycles. The third-order valence-corrected chi connectivity index (χ3v) is 6.82. The third kappa shape index (κ3) is 5.34. The molecule has 1 heterocycles. The van der Waals surface area contributed by atoms with Gasteiger partial charge in [-0.3, -0.25) is 4.79 Å². The number of aromatic amines is 1. The van der Waals surface area contributed by atoms with Crippen molar-refractivity contribution in [1.29, 1.82) is 0 Å². The van der Waals surface area contributed by atoms with Crippen LogP contribution in [0.25, 0.3) is 22.4 Å². The second kappa shape index (κ2) is 9.93. The summed E-state index contributed by atoms with van der Waals surface area (Å²) in [6, 6.07) is 24.4. The molecule has 0 bridgehead atoms. The SMILES string of the molecule is COc1cccc(OC)c1C(=O)c1[nH]c(-c2ccc(C(C)(C)C)cc2)cc1-c1ccc(C(C)(C)C)cc1. The van der Waals surface area contributed by atoms with Gasteiger partial charge in [-0.2, -0.15) is 0 Å². The lowest BCUT2D eigenvalue weighted by molar-refractivity contribution is 0.102. The van der Waals surface area contributed by atoms with Crippen LogP contribution in [0.3, 0.4) is 0 Å². The van der Waals surface area contributed by atoms with E-state index in [9.17, 15) is 4.79 Å². The lowest BCUT2D eigenvalue weighted by Gasteiger charge is -2.19. The molecule has 4 heteroatoms. The molecule has 4 rings (SSSR count). The molecular weight excluding hydrogens is 458 g/mol. The van der Waals surface area contributed by atoms with Gasteiger partial charge in [0.1, 0.15) is 17.1 Å². The molecule has 4 aromatic rings. The number of carbonyl (C=O) groups is 1. The van der Waals surface area contributed by atoms with E-state index >= 15 is 0 Å². The van der Waals surface area contributed by atoms with E-state index in [1.54, 1.807) is 26.4 Å². The minimum Gasteiger partial charge on any atom is -0.496 e. The summed E-state index contributed by atoms with van der Waals surface area (Å²) in [5, 5.41) is 0. The van der Waals surface area contributed by atoms with Crippen molar-refractivity contribution in [2.75, 3.05) is 14.2 Å². The Bertz CT molecular complexity index is 1370. The molecule has 1 N–H and O–H groups in total. The Hall–Kier alpha value is -3.79. The Balaban J connectivity index is 1.88. The van der Waals surface area contributed by atoms with Crippen LogP contribution < -0.4 is 9.47 Å². The van der Waals surface area contributed by atoms with Gasteiger partial charge < -0.3 is 14.5 Å². The van der Waals surface area contributed by atoms with Crippen LogP contribution in [0, 0.1) is 0 Å². The van der Waals surface area contributed by atoms with Gasteiger partial charge in [0, 0.05) is 11.3 Å². The monoisotopic (exact) mass is 495 g/mol. The molecule has 37 heavy (non-hydrogen) atoms. The maximum absolute atomic E-state index is 14.1. The number of aromatic nitrogens is 1. The highest BCUT2D eigenvalue weighted by Crippen LogP contribution is 2.37. The Kier molecular flexibility index (Phi) is 7.05. The Labute approximate surface area is 220 Å². The van der Waals surface area contributed by atoms with Crippen LogP contribution in [-0.4, -0.2) is 25.0 Å². The summed E-state index contributed by atoms with van der Waals surface area (Å²) in [5.41, 5.74) is 7.22. The van der Waals surface area contributed by atoms with E-state index in [-0.39, 0.29) is 16.6 Å². The predicted molar refractivity (Wildman–Crippen MR) is 152 cm³/mol. The van der Waals surface area contributed by atoms with Crippen molar-refractivity contribution in [3.8, 4) is 33.9 Å². The van der Waals surface area contributed by atoms with E-state index in [0.29, 0.717) is 22.8 Å². The summed E-state index contributed by atoms with van der Waals surface area (Å²) in [4.78, 5) is 17.5. The van der Waals surface area contributed by atoms with Gasteiger partial charge in [-0.1, -0.05) is 96.1 Å². The standard InChI is InChI=1S/C33H37NO3/c1-32(2,3)23-16-12-21(13-17-23)25-20-26(22-14-18-24(19-15-22)33(4,5)6)34-30(25)31(35)29-27(36-7)10-9-11-28(29)37-8/h9-20,34H,1-8H3. The normalized spacial score (nSPS) is 11.9. The number of nitrogens with one attached hydrogen (secondary N) is 1. The van der Waals surface area contributed by atoms with Gasteiger partial charge in [0.25, 0.3) is 0 Å². The number of rotatable bonds is 6. The molecule has 0 aliphatic rings. The Morgan fingerprint density at radius 1 is 0.676 bits per heavy atom. The number of hydrogen-bond acceptors (Lipinski definition) is 3. The third-order valence-electron chi connectivity index (χ3n) is 6.82. The largest absolute Gasteiger partial charge is 0.496 e. The average Bonchev–Trinajstić information content (AvgIpc) is 3.32. The van der Waals surface area contributed by atoms with Crippen LogP contribution in [0.1, 0.15) is 68.7 Å². The first-order valence-electron chi connectivity index (χ1n) is 12.6. The molecule has 0 spiro atoms. The fraction of sp³-hybridized carbons (Fsp3) is 0.303.